The lowest BCUT2D eigenvalue weighted by atomic mass is 10.2. The highest BCUT2D eigenvalue weighted by Crippen LogP contribution is 2.33. The summed E-state index contributed by atoms with van der Waals surface area (Å²) in [4.78, 5) is 28.4. The number of nitrogens with two attached hydrogens (primary N) is 1. The molecule has 11 heteroatoms. The second-order valence-electron chi connectivity index (χ2n) is 6.80. The number of hydrogen-bond acceptors (Lipinski definition) is 7. The van der Waals surface area contributed by atoms with Gasteiger partial charge in [0.15, 0.2) is 0 Å². The van der Waals surface area contributed by atoms with E-state index in [1.807, 2.05) is 20.8 Å². The van der Waals surface area contributed by atoms with Gasteiger partial charge in [0.05, 0.1) is 5.56 Å². The van der Waals surface area contributed by atoms with Crippen molar-refractivity contribution in [2.45, 2.75) is 58.1 Å². The number of aliphatic imine (C=N–C) groups is 1. The third-order valence-corrected chi connectivity index (χ3v) is 8.16. The molecule has 31 heavy (non-hydrogen) atoms. The fourth-order valence-corrected chi connectivity index (χ4v) is 5.52. The maximum absolute atomic E-state index is 13.0. The molecule has 0 unspecified atom stereocenters. The Bertz CT molecular complexity index is 964. The fraction of sp³-hybridized carbons (Fsp3) is 0.550. The summed E-state index contributed by atoms with van der Waals surface area (Å²) in [7, 11) is -2.43. The van der Waals surface area contributed by atoms with Crippen molar-refractivity contribution in [2.24, 2.45) is 10.7 Å². The zero-order valence-electron chi connectivity index (χ0n) is 18.9. The van der Waals surface area contributed by atoms with Crippen molar-refractivity contribution in [1.29, 1.82) is 0 Å². The minimum atomic E-state index is -3.83. The number of amides is 2. The number of thiophene rings is 1. The molecule has 3 N–H and O–H groups in total. The second-order valence-corrected chi connectivity index (χ2v) is 10.0. The molecule has 0 aliphatic carbocycles. The molecule has 0 fully saturated rings. The molecule has 0 spiro atoms. The van der Waals surface area contributed by atoms with Crippen LogP contribution in [0.3, 0.4) is 0 Å². The number of nitrogens with zero attached hydrogens (tertiary/aromatic N) is 2. The minimum absolute atomic E-state index is 0.0289. The fourth-order valence-electron chi connectivity index (χ4n) is 2.51. The van der Waals surface area contributed by atoms with Gasteiger partial charge in [-0.1, -0.05) is 27.2 Å². The number of anilines is 1. The zero-order valence-corrected chi connectivity index (χ0v) is 20.6. The van der Waals surface area contributed by atoms with E-state index in [1.165, 1.54) is 17.4 Å². The standard InChI is InChI=1S/C20H32N4O5S2/c1-7-10-11-24(9-3)31(27,28)16-12-15(17(21)25)20(30-16)23-18(26)19(22-6)29-14(5)13(4)8-2/h12H,7-11H2,1-6H3,(H2,21,25)(H,23,26)/b14-13-,22-19?. The van der Waals surface area contributed by atoms with E-state index in [9.17, 15) is 18.0 Å². The summed E-state index contributed by atoms with van der Waals surface area (Å²) in [6, 6.07) is 1.20. The Morgan fingerprint density at radius 3 is 2.39 bits per heavy atom. The Hall–Kier alpha value is -2.24. The highest BCUT2D eigenvalue weighted by Gasteiger charge is 2.29. The number of allylic oxidation sites excluding steroid dienone is 2. The number of rotatable bonds is 10. The molecule has 1 aromatic rings. The van der Waals surface area contributed by atoms with Gasteiger partial charge < -0.3 is 15.8 Å². The first-order valence-electron chi connectivity index (χ1n) is 10.1. The Morgan fingerprint density at radius 1 is 1.26 bits per heavy atom. The molecule has 1 rings (SSSR count). The van der Waals surface area contributed by atoms with Crippen molar-refractivity contribution in [3.05, 3.63) is 23.0 Å². The van der Waals surface area contributed by atoms with Crippen LogP contribution in [0.1, 0.15) is 64.2 Å². The number of carbonyl (C=O) groups excluding carboxylic acids is 2. The van der Waals surface area contributed by atoms with Gasteiger partial charge in [-0.3, -0.25) is 9.59 Å². The number of nitrogens with one attached hydrogen (secondary N) is 1. The van der Waals surface area contributed by atoms with Crippen molar-refractivity contribution >= 4 is 44.1 Å². The van der Waals surface area contributed by atoms with E-state index in [-0.39, 0.29) is 27.2 Å². The monoisotopic (exact) mass is 472 g/mol. The van der Waals surface area contributed by atoms with E-state index in [2.05, 4.69) is 10.3 Å². The number of sulfonamides is 1. The van der Waals surface area contributed by atoms with Crippen LogP contribution in [-0.2, 0) is 19.6 Å². The summed E-state index contributed by atoms with van der Waals surface area (Å²) in [6.07, 6.45) is 2.30. The topological polar surface area (TPSA) is 131 Å². The van der Waals surface area contributed by atoms with Gasteiger partial charge in [0, 0.05) is 20.1 Å². The molecular weight excluding hydrogens is 440 g/mol. The van der Waals surface area contributed by atoms with E-state index in [0.717, 1.165) is 29.8 Å². The molecule has 0 bridgehead atoms. The summed E-state index contributed by atoms with van der Waals surface area (Å²) >= 11 is 0.773. The first-order valence-corrected chi connectivity index (χ1v) is 12.3. The van der Waals surface area contributed by atoms with E-state index >= 15 is 0 Å². The van der Waals surface area contributed by atoms with E-state index in [0.29, 0.717) is 18.7 Å². The Kier molecular flexibility index (Phi) is 10.3. The molecule has 0 saturated carbocycles. The second kappa shape index (κ2) is 12.0. The van der Waals surface area contributed by atoms with E-state index < -0.39 is 21.8 Å². The van der Waals surface area contributed by atoms with Gasteiger partial charge in [-0.2, -0.15) is 4.31 Å². The predicted octanol–water partition coefficient (Wildman–Crippen LogP) is 3.35. The normalized spacial score (nSPS) is 13.2. The van der Waals surface area contributed by atoms with Crippen LogP contribution < -0.4 is 11.1 Å². The van der Waals surface area contributed by atoms with Crippen molar-refractivity contribution in [3.63, 3.8) is 0 Å². The number of primary amides is 1. The lowest BCUT2D eigenvalue weighted by Gasteiger charge is -2.18. The van der Waals surface area contributed by atoms with Crippen molar-refractivity contribution in [1.82, 2.24) is 4.31 Å². The molecule has 1 aromatic heterocycles. The summed E-state index contributed by atoms with van der Waals surface area (Å²) < 4.78 is 32.8. The number of unbranched alkanes of at least 4 members (excludes halogenated alkanes) is 1. The number of hydrogen-bond donors (Lipinski definition) is 2. The molecule has 0 aromatic carbocycles. The highest BCUT2D eigenvalue weighted by atomic mass is 32.2. The smallest absolute Gasteiger partial charge is 0.311 e. The maximum Gasteiger partial charge on any atom is 0.311 e. The molecule has 0 radical (unpaired) electrons. The highest BCUT2D eigenvalue weighted by molar-refractivity contribution is 7.91. The first kappa shape index (κ1) is 26.8. The van der Waals surface area contributed by atoms with Gasteiger partial charge in [0.25, 0.3) is 21.8 Å². The summed E-state index contributed by atoms with van der Waals surface area (Å²) in [5, 5.41) is 2.54. The summed E-state index contributed by atoms with van der Waals surface area (Å²) in [5.74, 6) is -1.23. The van der Waals surface area contributed by atoms with Gasteiger partial charge in [-0.25, -0.2) is 13.4 Å². The van der Waals surface area contributed by atoms with Crippen molar-refractivity contribution in [2.75, 3.05) is 25.5 Å². The molecule has 9 nitrogen and oxygen atoms in total. The Balaban J connectivity index is 3.25. The summed E-state index contributed by atoms with van der Waals surface area (Å²) in [5.41, 5.74) is 6.28. The van der Waals surface area contributed by atoms with Crippen LogP contribution in [-0.4, -0.2) is 50.6 Å². The van der Waals surface area contributed by atoms with E-state index in [4.69, 9.17) is 10.5 Å². The molecule has 0 saturated heterocycles. The van der Waals surface area contributed by atoms with Crippen LogP contribution in [0, 0.1) is 0 Å². The third-order valence-electron chi connectivity index (χ3n) is 4.69. The largest absolute Gasteiger partial charge is 0.440 e. The molecule has 0 aliphatic heterocycles. The molecule has 174 valence electrons. The lowest BCUT2D eigenvalue weighted by Crippen LogP contribution is -2.31. The predicted molar refractivity (Wildman–Crippen MR) is 124 cm³/mol. The minimum Gasteiger partial charge on any atom is -0.440 e. The molecule has 2 amide bonds. The van der Waals surface area contributed by atoms with Crippen LogP contribution in [0.2, 0.25) is 0 Å². The number of ether oxygens (including phenoxy) is 1. The maximum atomic E-state index is 13.0. The molecule has 0 atom stereocenters. The van der Waals surface area contributed by atoms with Gasteiger partial charge in [0.2, 0.25) is 0 Å². The quantitative estimate of drug-likeness (QED) is 0.306. The van der Waals surface area contributed by atoms with Crippen LogP contribution in [0.5, 0.6) is 0 Å². The molecular formula is C20H32N4O5S2. The van der Waals surface area contributed by atoms with E-state index in [1.54, 1.807) is 13.8 Å². The SMILES string of the molecule is CCCCN(CC)S(=O)(=O)c1cc(C(N)=O)c(NC(=O)C(=NC)O/C(C)=C(/C)CC)s1. The lowest BCUT2D eigenvalue weighted by molar-refractivity contribution is -0.111. The van der Waals surface area contributed by atoms with Crippen LogP contribution in [0.25, 0.3) is 0 Å². The van der Waals surface area contributed by atoms with Crippen LogP contribution in [0.15, 0.2) is 26.6 Å². The number of carbonyl (C=O) groups is 2. The van der Waals surface area contributed by atoms with Crippen molar-refractivity contribution in [3.8, 4) is 0 Å². The molecule has 1 heterocycles. The summed E-state index contributed by atoms with van der Waals surface area (Å²) in [6.45, 7) is 9.92. The first-order chi connectivity index (χ1) is 14.5. The van der Waals surface area contributed by atoms with Gasteiger partial charge in [-0.05, 0) is 38.3 Å². The molecule has 0 aliphatic rings. The van der Waals surface area contributed by atoms with Crippen LogP contribution in [0.4, 0.5) is 5.00 Å². The Labute approximate surface area is 188 Å². The zero-order chi connectivity index (χ0) is 23.8. The average molecular weight is 473 g/mol. The van der Waals surface area contributed by atoms with Gasteiger partial charge in [-0.15, -0.1) is 11.3 Å². The van der Waals surface area contributed by atoms with Gasteiger partial charge >= 0.3 is 5.91 Å². The average Bonchev–Trinajstić information content (AvgIpc) is 3.16. The van der Waals surface area contributed by atoms with Gasteiger partial charge in [0.1, 0.15) is 15.0 Å². The van der Waals surface area contributed by atoms with Crippen molar-refractivity contribution < 1.29 is 22.7 Å². The van der Waals surface area contributed by atoms with Crippen LogP contribution >= 0.6 is 11.3 Å². The third kappa shape index (κ3) is 6.88. The Morgan fingerprint density at radius 2 is 1.90 bits per heavy atom.